The zero-order valence-corrected chi connectivity index (χ0v) is 10.5. The summed E-state index contributed by atoms with van der Waals surface area (Å²) in [7, 11) is 1.82. The second-order valence-corrected chi connectivity index (χ2v) is 4.09. The molecule has 0 fully saturated rings. The number of fused-ring (bicyclic) bond motifs is 1. The van der Waals surface area contributed by atoms with Gasteiger partial charge in [0.15, 0.2) is 0 Å². The first-order valence-corrected chi connectivity index (χ1v) is 6.02. The van der Waals surface area contributed by atoms with Crippen LogP contribution in [0.2, 0.25) is 0 Å². The number of nitrogens with zero attached hydrogens (tertiary/aromatic N) is 3. The van der Waals surface area contributed by atoms with Crippen LogP contribution in [-0.4, -0.2) is 27.0 Å². The number of imidazole rings is 1. The minimum Gasteiger partial charge on any atom is -0.373 e. The van der Waals surface area contributed by atoms with Gasteiger partial charge in [-0.2, -0.15) is 0 Å². The highest BCUT2D eigenvalue weighted by molar-refractivity contribution is 5.74. The van der Waals surface area contributed by atoms with Gasteiger partial charge in [0.1, 0.15) is 23.8 Å². The van der Waals surface area contributed by atoms with Crippen LogP contribution in [0.1, 0.15) is 5.82 Å². The molecular formula is C13H14N6. The zero-order chi connectivity index (χ0) is 13.1. The van der Waals surface area contributed by atoms with Gasteiger partial charge in [-0.25, -0.2) is 15.0 Å². The van der Waals surface area contributed by atoms with Gasteiger partial charge in [-0.05, 0) is 12.1 Å². The second kappa shape index (κ2) is 4.93. The van der Waals surface area contributed by atoms with E-state index in [-0.39, 0.29) is 0 Å². The summed E-state index contributed by atoms with van der Waals surface area (Å²) in [5, 5.41) is 6.18. The van der Waals surface area contributed by atoms with Crippen molar-refractivity contribution < 1.29 is 0 Å². The molecule has 0 saturated carbocycles. The van der Waals surface area contributed by atoms with Crippen molar-refractivity contribution in [1.29, 1.82) is 0 Å². The van der Waals surface area contributed by atoms with Crippen molar-refractivity contribution in [2.24, 2.45) is 0 Å². The first kappa shape index (κ1) is 11.5. The van der Waals surface area contributed by atoms with Crippen LogP contribution in [0.5, 0.6) is 0 Å². The van der Waals surface area contributed by atoms with Crippen molar-refractivity contribution in [3.05, 3.63) is 42.5 Å². The largest absolute Gasteiger partial charge is 0.373 e. The van der Waals surface area contributed by atoms with E-state index in [9.17, 15) is 0 Å². The molecular weight excluding hydrogens is 240 g/mol. The molecule has 0 unspecified atom stereocenters. The molecule has 2 aromatic heterocycles. The van der Waals surface area contributed by atoms with Gasteiger partial charge >= 0.3 is 0 Å². The van der Waals surface area contributed by atoms with Crippen molar-refractivity contribution in [2.75, 3.05) is 17.7 Å². The van der Waals surface area contributed by atoms with Gasteiger partial charge in [-0.15, -0.1) is 0 Å². The van der Waals surface area contributed by atoms with Crippen molar-refractivity contribution in [3.8, 4) is 0 Å². The SMILES string of the molecule is CNc1cc(NCc2nc3ccccc3[nH]2)ncn1. The molecule has 0 aliphatic rings. The van der Waals surface area contributed by atoms with Crippen LogP contribution in [0.4, 0.5) is 11.6 Å². The van der Waals surface area contributed by atoms with E-state index in [0.717, 1.165) is 28.5 Å². The average molecular weight is 254 g/mol. The Bertz CT molecular complexity index is 657. The molecule has 0 aliphatic carbocycles. The number of aromatic amines is 1. The molecule has 96 valence electrons. The minimum atomic E-state index is 0.592. The van der Waals surface area contributed by atoms with Crippen LogP contribution in [-0.2, 0) is 6.54 Å². The number of benzene rings is 1. The third-order valence-corrected chi connectivity index (χ3v) is 2.80. The Balaban J connectivity index is 1.74. The Morgan fingerprint density at radius 3 is 2.84 bits per heavy atom. The van der Waals surface area contributed by atoms with E-state index >= 15 is 0 Å². The first-order valence-electron chi connectivity index (χ1n) is 6.02. The highest BCUT2D eigenvalue weighted by Gasteiger charge is 2.02. The van der Waals surface area contributed by atoms with Crippen LogP contribution in [0.3, 0.4) is 0 Å². The molecule has 0 bridgehead atoms. The van der Waals surface area contributed by atoms with Gasteiger partial charge in [0.05, 0.1) is 17.6 Å². The fraction of sp³-hybridized carbons (Fsp3) is 0.154. The fourth-order valence-corrected chi connectivity index (χ4v) is 1.85. The molecule has 3 rings (SSSR count). The maximum Gasteiger partial charge on any atom is 0.131 e. The van der Waals surface area contributed by atoms with Crippen LogP contribution in [0.25, 0.3) is 11.0 Å². The van der Waals surface area contributed by atoms with Crippen LogP contribution >= 0.6 is 0 Å². The Labute approximate surface area is 110 Å². The summed E-state index contributed by atoms with van der Waals surface area (Å²) in [4.78, 5) is 16.0. The summed E-state index contributed by atoms with van der Waals surface area (Å²) >= 11 is 0. The topological polar surface area (TPSA) is 78.5 Å². The third-order valence-electron chi connectivity index (χ3n) is 2.80. The summed E-state index contributed by atoms with van der Waals surface area (Å²) in [6, 6.07) is 9.81. The van der Waals surface area contributed by atoms with E-state index in [1.807, 2.05) is 37.4 Å². The Morgan fingerprint density at radius 2 is 2.00 bits per heavy atom. The van der Waals surface area contributed by atoms with Crippen LogP contribution < -0.4 is 10.6 Å². The fourth-order valence-electron chi connectivity index (χ4n) is 1.85. The molecule has 0 spiro atoms. The lowest BCUT2D eigenvalue weighted by atomic mass is 10.3. The van der Waals surface area contributed by atoms with E-state index in [4.69, 9.17) is 0 Å². The lowest BCUT2D eigenvalue weighted by molar-refractivity contribution is 0.991. The lowest BCUT2D eigenvalue weighted by Gasteiger charge is -2.04. The quantitative estimate of drug-likeness (QED) is 0.663. The molecule has 0 radical (unpaired) electrons. The number of para-hydroxylation sites is 2. The van der Waals surface area contributed by atoms with Gasteiger partial charge in [0.25, 0.3) is 0 Å². The van der Waals surface area contributed by atoms with Gasteiger partial charge in [-0.1, -0.05) is 12.1 Å². The highest BCUT2D eigenvalue weighted by Crippen LogP contribution is 2.12. The average Bonchev–Trinajstić information content (AvgIpc) is 2.88. The van der Waals surface area contributed by atoms with Crippen molar-refractivity contribution >= 4 is 22.7 Å². The summed E-state index contributed by atoms with van der Waals surface area (Å²) in [5.74, 6) is 2.42. The Hall–Kier alpha value is -2.63. The third kappa shape index (κ3) is 2.47. The number of anilines is 2. The summed E-state index contributed by atoms with van der Waals surface area (Å²) < 4.78 is 0. The van der Waals surface area contributed by atoms with Crippen molar-refractivity contribution in [3.63, 3.8) is 0 Å². The van der Waals surface area contributed by atoms with Crippen LogP contribution in [0, 0.1) is 0 Å². The molecule has 0 aliphatic heterocycles. The molecule has 0 amide bonds. The van der Waals surface area contributed by atoms with Gasteiger partial charge in [0.2, 0.25) is 0 Å². The predicted molar refractivity (Wildman–Crippen MR) is 75.0 cm³/mol. The van der Waals surface area contributed by atoms with Gasteiger partial charge in [0, 0.05) is 13.1 Å². The molecule has 19 heavy (non-hydrogen) atoms. The number of hydrogen-bond acceptors (Lipinski definition) is 5. The monoisotopic (exact) mass is 254 g/mol. The molecule has 1 aromatic carbocycles. The molecule has 3 N–H and O–H groups in total. The number of H-pyrrole nitrogens is 1. The van der Waals surface area contributed by atoms with Crippen molar-refractivity contribution in [1.82, 2.24) is 19.9 Å². The second-order valence-electron chi connectivity index (χ2n) is 4.09. The number of hydrogen-bond donors (Lipinski definition) is 3. The Kier molecular flexibility index (Phi) is 2.97. The first-order chi connectivity index (χ1) is 9.35. The van der Waals surface area contributed by atoms with E-state index in [0.29, 0.717) is 6.54 Å². The van der Waals surface area contributed by atoms with Crippen LogP contribution in [0.15, 0.2) is 36.7 Å². The molecule has 3 aromatic rings. The van der Waals surface area contributed by atoms with E-state index in [1.165, 1.54) is 6.33 Å². The lowest BCUT2D eigenvalue weighted by Crippen LogP contribution is -2.04. The highest BCUT2D eigenvalue weighted by atomic mass is 15.1. The molecule has 0 saturated heterocycles. The normalized spacial score (nSPS) is 10.6. The smallest absolute Gasteiger partial charge is 0.131 e. The van der Waals surface area contributed by atoms with Gasteiger partial charge in [-0.3, -0.25) is 0 Å². The van der Waals surface area contributed by atoms with E-state index < -0.39 is 0 Å². The Morgan fingerprint density at radius 1 is 1.16 bits per heavy atom. The molecule has 0 atom stereocenters. The van der Waals surface area contributed by atoms with E-state index in [1.54, 1.807) is 0 Å². The minimum absolute atomic E-state index is 0.592. The number of rotatable bonds is 4. The standard InChI is InChI=1S/C13H14N6/c1-14-11-6-12(17-8-16-11)15-7-13-18-9-4-2-3-5-10(9)19-13/h2-6,8H,7H2,1H3,(H,18,19)(H2,14,15,16,17). The maximum atomic E-state index is 4.49. The number of aromatic nitrogens is 4. The summed E-state index contributed by atoms with van der Waals surface area (Å²) in [6.07, 6.45) is 1.52. The maximum absolute atomic E-state index is 4.49. The molecule has 6 nitrogen and oxygen atoms in total. The summed E-state index contributed by atoms with van der Waals surface area (Å²) in [6.45, 7) is 0.592. The van der Waals surface area contributed by atoms with Gasteiger partial charge < -0.3 is 15.6 Å². The molecule has 6 heteroatoms. The zero-order valence-electron chi connectivity index (χ0n) is 10.5. The summed E-state index contributed by atoms with van der Waals surface area (Å²) in [5.41, 5.74) is 2.01. The molecule has 2 heterocycles. The van der Waals surface area contributed by atoms with Crippen molar-refractivity contribution in [2.45, 2.75) is 6.54 Å². The van der Waals surface area contributed by atoms with E-state index in [2.05, 4.69) is 30.6 Å². The number of nitrogens with one attached hydrogen (secondary N) is 3. The predicted octanol–water partition coefficient (Wildman–Crippen LogP) is 2.01.